The Labute approximate surface area is 552 Å². The standard InChI is InChI=1S/C62H87Br2ClN10O16/c1-33(2)51(70-40(32-76)17-12-13-22-68-53(78)39(30-63)31-64)56(81)72-43(18-15-23-69-59(66)84)55(80)71-42-21-20-38(27-41(42)54(79)67-7)57(82)74(8)36(5)58(83)90-48-28-49(77)75(9)44-25-37(26-45(87-10)50(44)65)24-34(3)16-14-19-47(88-11)62(86)29-46(89-60(85)73-62)35(4)52-61(48,6)91-52/h14,16,19-21,25-27,32-33,35-36,39-40,43,46-48,51-52,70,86H,12-13,15,17-18,22-24,28-31H2,1-11H3,(H,67,79)(H,68,78)(H,71,80)(H,72,81)(H,73,85)(H3,66,69,84)/b19-14+,34-16+/t35-,36+,40?,43+,46+,47-,48+,51+,52+,61+,62+/m1/s1. The molecule has 9 amide bonds. The Morgan fingerprint density at radius 1 is 0.989 bits per heavy atom. The topological polar surface area (TPSA) is 357 Å². The summed E-state index contributed by atoms with van der Waals surface area (Å²) in [6.45, 7) is 10.6. The first kappa shape index (κ1) is 75.0. The van der Waals surface area contributed by atoms with E-state index in [9.17, 15) is 53.1 Å². The second-order valence-corrected chi connectivity index (χ2v) is 25.2. The van der Waals surface area contributed by atoms with Gasteiger partial charge in [-0.1, -0.05) is 88.0 Å². The second-order valence-electron chi connectivity index (χ2n) is 23.6. The molecule has 2 aromatic carbocycles. The van der Waals surface area contributed by atoms with Crippen molar-refractivity contribution in [1.29, 1.82) is 0 Å². The number of fused-ring (bicyclic) bond motifs is 5. The fourth-order valence-corrected chi connectivity index (χ4v) is 12.8. The predicted molar refractivity (Wildman–Crippen MR) is 347 cm³/mol. The van der Waals surface area contributed by atoms with Gasteiger partial charge in [0.25, 0.3) is 11.8 Å². The molecule has 5 rings (SSSR count). The van der Waals surface area contributed by atoms with Crippen LogP contribution in [0.15, 0.2) is 54.1 Å². The molecule has 3 heterocycles. The molecule has 0 aliphatic carbocycles. The third-order valence-electron chi connectivity index (χ3n) is 16.5. The number of nitrogens with zero attached hydrogens (tertiary/aromatic N) is 2. The maximum atomic E-state index is 14.6. The van der Waals surface area contributed by atoms with Crippen molar-refractivity contribution in [3.63, 3.8) is 0 Å². The van der Waals surface area contributed by atoms with Gasteiger partial charge < -0.3 is 75.7 Å². The van der Waals surface area contributed by atoms with Crippen molar-refractivity contribution in [3.05, 3.63) is 75.8 Å². The van der Waals surface area contributed by atoms with Gasteiger partial charge in [-0.2, -0.15) is 0 Å². The molecule has 2 aromatic rings. The molecule has 502 valence electrons. The van der Waals surface area contributed by atoms with Crippen molar-refractivity contribution in [2.45, 2.75) is 153 Å². The first-order valence-electron chi connectivity index (χ1n) is 30.0. The lowest BCUT2D eigenvalue weighted by molar-refractivity contribution is -0.158. The molecule has 3 aliphatic heterocycles. The van der Waals surface area contributed by atoms with Gasteiger partial charge >= 0.3 is 18.1 Å². The summed E-state index contributed by atoms with van der Waals surface area (Å²) >= 11 is 13.5. The van der Waals surface area contributed by atoms with E-state index in [0.717, 1.165) is 16.0 Å². The van der Waals surface area contributed by atoms with E-state index in [1.165, 1.54) is 65.4 Å². The molecule has 26 nitrogen and oxygen atoms in total. The Balaban J connectivity index is 1.39. The number of esters is 1. The Morgan fingerprint density at radius 3 is 2.31 bits per heavy atom. The predicted octanol–water partition coefficient (Wildman–Crippen LogP) is 4.93. The number of nitrogens with one attached hydrogen (secondary N) is 7. The summed E-state index contributed by atoms with van der Waals surface area (Å²) in [5.41, 5.74) is 3.46. The molecule has 2 saturated heterocycles. The molecule has 29 heteroatoms. The number of allylic oxidation sites excluding steroid dienone is 3. The number of urea groups is 1. The fraction of sp³-hybridized carbons (Fsp3) is 0.581. The highest BCUT2D eigenvalue weighted by atomic mass is 79.9. The second kappa shape index (κ2) is 34.3. The molecule has 0 aromatic heterocycles. The van der Waals surface area contributed by atoms with Crippen LogP contribution in [-0.4, -0.2) is 189 Å². The maximum Gasteiger partial charge on any atom is 0.409 e. The molecule has 0 spiro atoms. The zero-order valence-electron chi connectivity index (χ0n) is 53.2. The number of hydrogen-bond acceptors (Lipinski definition) is 17. The van der Waals surface area contributed by atoms with Crippen LogP contribution in [0.2, 0.25) is 5.02 Å². The van der Waals surface area contributed by atoms with Crippen LogP contribution in [0.25, 0.3) is 0 Å². The smallest absolute Gasteiger partial charge is 0.409 e. The quantitative estimate of drug-likeness (QED) is 0.0188. The number of aldehydes is 1. The van der Waals surface area contributed by atoms with Crippen LogP contribution >= 0.6 is 43.5 Å². The van der Waals surface area contributed by atoms with Gasteiger partial charge in [-0.3, -0.25) is 39.4 Å². The SMILES string of the molecule is CNC(=O)c1cc(C(=O)N(C)[C@@H](C)C(=O)O[C@H]2CC(=O)N(C)c3cc(cc(OC)c3Cl)C/C(C)=C/C=C/[C@@H](OC)[C@@]3(O)C[C@H](OC(=O)N3)[C@@H](C)[C@@H]3O[C@@]23C)ccc1NC(=O)[C@H](CCCNC(N)=O)NC(=O)[C@@H](NC(C=O)CCCCNC(=O)C(CBr)CBr)C(C)C. The highest BCUT2D eigenvalue weighted by Gasteiger charge is 2.64. The number of anilines is 2. The highest BCUT2D eigenvalue weighted by molar-refractivity contribution is 9.09. The number of epoxide rings is 1. The summed E-state index contributed by atoms with van der Waals surface area (Å²) < 4.78 is 29.6. The average Bonchev–Trinajstić information content (AvgIpc) is 1.58. The molecule has 1 unspecified atom stereocenters. The van der Waals surface area contributed by atoms with Crippen molar-refractivity contribution in [3.8, 4) is 5.75 Å². The molecular weight excluding hydrogens is 1340 g/mol. The Hall–Kier alpha value is -6.69. The van der Waals surface area contributed by atoms with Crippen LogP contribution < -0.4 is 52.6 Å². The summed E-state index contributed by atoms with van der Waals surface area (Å²) in [4.78, 5) is 137. The zero-order chi connectivity index (χ0) is 67.7. The zero-order valence-corrected chi connectivity index (χ0v) is 57.1. The fourth-order valence-electron chi connectivity index (χ4n) is 10.8. The Bertz CT molecular complexity index is 3040. The van der Waals surface area contributed by atoms with Crippen molar-refractivity contribution in [2.75, 3.05) is 69.3 Å². The lowest BCUT2D eigenvalue weighted by atomic mass is 9.83. The number of halogens is 3. The number of likely N-dealkylation sites (N-methyl/N-ethyl adjacent to an activating group) is 1. The number of alkyl carbamates (subject to hydrolysis) is 1. The van der Waals surface area contributed by atoms with Crippen LogP contribution in [0.4, 0.5) is 21.0 Å². The van der Waals surface area contributed by atoms with E-state index in [0.29, 0.717) is 54.9 Å². The largest absolute Gasteiger partial charge is 0.495 e. The Kier molecular flexibility index (Phi) is 28.3. The number of alkyl halides is 2. The molecule has 91 heavy (non-hydrogen) atoms. The minimum absolute atomic E-state index is 0.0295. The highest BCUT2D eigenvalue weighted by Crippen LogP contribution is 2.49. The number of ether oxygens (including phenoxy) is 5. The molecule has 0 radical (unpaired) electrons. The number of hydrogen-bond donors (Lipinski definition) is 9. The van der Waals surface area contributed by atoms with Crippen LogP contribution in [0.5, 0.6) is 5.75 Å². The lowest BCUT2D eigenvalue weighted by Gasteiger charge is -2.42. The summed E-state index contributed by atoms with van der Waals surface area (Å²) in [5, 5.41) is 32.0. The van der Waals surface area contributed by atoms with Gasteiger partial charge in [0.2, 0.25) is 23.6 Å². The lowest BCUT2D eigenvalue weighted by Crippen LogP contribution is -2.63. The van der Waals surface area contributed by atoms with Crippen molar-refractivity contribution in [2.24, 2.45) is 23.5 Å². The van der Waals surface area contributed by atoms with E-state index in [-0.39, 0.29) is 71.1 Å². The van der Waals surface area contributed by atoms with Crippen molar-refractivity contribution in [1.82, 2.24) is 36.8 Å². The van der Waals surface area contributed by atoms with Gasteiger partial charge in [-0.05, 0) is 101 Å². The van der Waals surface area contributed by atoms with E-state index in [1.807, 2.05) is 13.0 Å². The number of unbranched alkanes of at least 4 members (excludes halogenated alkanes) is 1. The minimum atomic E-state index is -1.94. The molecule has 3 aliphatic rings. The number of aliphatic hydroxyl groups is 1. The number of nitrogens with two attached hydrogens (primary N) is 1. The monoisotopic (exact) mass is 1420 g/mol. The maximum absolute atomic E-state index is 14.6. The molecule has 0 saturated carbocycles. The molecule has 4 bridgehead atoms. The minimum Gasteiger partial charge on any atom is -0.495 e. The summed E-state index contributed by atoms with van der Waals surface area (Å²) in [6, 6.07) is 2.15. The van der Waals surface area contributed by atoms with E-state index in [2.05, 4.69) is 69.1 Å². The van der Waals surface area contributed by atoms with Crippen molar-refractivity contribution >= 4 is 115 Å². The molecular formula is C62H87Br2ClN10O16. The van der Waals surface area contributed by atoms with Gasteiger partial charge in [0.05, 0.1) is 54.6 Å². The summed E-state index contributed by atoms with van der Waals surface area (Å²) in [5.74, 6) is -5.52. The van der Waals surface area contributed by atoms with Crippen LogP contribution in [-0.2, 0) is 54.1 Å². The number of methoxy groups -OCH3 is 2. The van der Waals surface area contributed by atoms with E-state index < -0.39 is 120 Å². The van der Waals surface area contributed by atoms with Crippen molar-refractivity contribution < 1.29 is 76.7 Å². The number of carbonyl (C=O) groups is 10. The van der Waals surface area contributed by atoms with E-state index in [1.54, 1.807) is 52.0 Å². The van der Waals surface area contributed by atoms with Gasteiger partial charge in [0.1, 0.15) is 53.1 Å². The molecule has 11 atom stereocenters. The van der Waals surface area contributed by atoms with Gasteiger partial charge in [-0.15, -0.1) is 0 Å². The third-order valence-corrected chi connectivity index (χ3v) is 18.5. The molecule has 10 N–H and O–H groups in total. The van der Waals surface area contributed by atoms with Crippen LogP contribution in [0.3, 0.4) is 0 Å². The first-order chi connectivity index (χ1) is 43.0. The normalized spacial score (nSPS) is 23.9. The number of benzene rings is 2. The number of rotatable bonds is 27. The van der Waals surface area contributed by atoms with Crippen LogP contribution in [0.1, 0.15) is 113 Å². The third kappa shape index (κ3) is 19.9. The summed E-state index contributed by atoms with van der Waals surface area (Å²) in [6.07, 6.45) is 2.04. The first-order valence-corrected chi connectivity index (χ1v) is 32.6. The molecule has 2 fully saturated rings. The Morgan fingerprint density at radius 2 is 1.68 bits per heavy atom. The number of amides is 9. The summed E-state index contributed by atoms with van der Waals surface area (Å²) in [7, 11) is 7.00. The van der Waals surface area contributed by atoms with Gasteiger partial charge in [0, 0.05) is 69.9 Å². The van der Waals surface area contributed by atoms with Gasteiger partial charge in [0.15, 0.2) is 5.72 Å². The van der Waals surface area contributed by atoms with Gasteiger partial charge in [-0.25, -0.2) is 14.4 Å². The average molecular weight is 1420 g/mol. The van der Waals surface area contributed by atoms with Crippen LogP contribution in [0, 0.1) is 17.8 Å². The number of primary amides is 1. The van der Waals surface area contributed by atoms with E-state index >= 15 is 0 Å². The number of carbonyl (C=O) groups excluding carboxylic acids is 10. The van der Waals surface area contributed by atoms with E-state index in [4.69, 9.17) is 41.0 Å².